The summed E-state index contributed by atoms with van der Waals surface area (Å²) in [6.45, 7) is 0.338. The van der Waals surface area contributed by atoms with Gasteiger partial charge in [-0.25, -0.2) is 4.98 Å². The Bertz CT molecular complexity index is 1030. The van der Waals surface area contributed by atoms with Gasteiger partial charge < -0.3 is 15.2 Å². The molecular weight excluding hydrogens is 304 g/mol. The third-order valence-corrected chi connectivity index (χ3v) is 3.91. The second-order valence-electron chi connectivity index (χ2n) is 5.44. The van der Waals surface area contributed by atoms with Crippen LogP contribution >= 0.6 is 0 Å². The first kappa shape index (κ1) is 14.3. The number of aromatic amines is 1. The Hall–Kier alpha value is -3.28. The largest absolute Gasteiger partial charge is 0.493 e. The van der Waals surface area contributed by atoms with Gasteiger partial charge in [0.1, 0.15) is 6.61 Å². The molecule has 6 heteroatoms. The molecule has 0 amide bonds. The number of ether oxygens (including phenoxy) is 2. The predicted molar refractivity (Wildman–Crippen MR) is 93.1 cm³/mol. The van der Waals surface area contributed by atoms with Crippen LogP contribution in [0.3, 0.4) is 0 Å². The highest BCUT2D eigenvalue weighted by atomic mass is 16.5. The number of nitrogens with zero attached hydrogens (tertiary/aromatic N) is 2. The number of H-pyrrole nitrogens is 1. The Balaban J connectivity index is 1.64. The van der Waals surface area contributed by atoms with Gasteiger partial charge in [0.15, 0.2) is 17.3 Å². The fourth-order valence-corrected chi connectivity index (χ4v) is 2.66. The zero-order valence-electron chi connectivity index (χ0n) is 13.1. The molecular formula is C18H16N4O2. The molecule has 3 N–H and O–H groups in total. The molecule has 0 radical (unpaired) electrons. The van der Waals surface area contributed by atoms with E-state index in [-0.39, 0.29) is 0 Å². The predicted octanol–water partition coefficient (Wildman–Crippen LogP) is 3.28. The summed E-state index contributed by atoms with van der Waals surface area (Å²) in [6.07, 6.45) is 0. The van der Waals surface area contributed by atoms with Gasteiger partial charge >= 0.3 is 0 Å². The number of benzene rings is 2. The number of anilines is 1. The van der Waals surface area contributed by atoms with Crippen LogP contribution in [0.4, 0.5) is 5.82 Å². The maximum absolute atomic E-state index is 5.91. The van der Waals surface area contributed by atoms with Crippen molar-refractivity contribution >= 4 is 27.6 Å². The van der Waals surface area contributed by atoms with Crippen molar-refractivity contribution in [1.29, 1.82) is 0 Å². The van der Waals surface area contributed by atoms with E-state index in [2.05, 4.69) is 15.2 Å². The highest BCUT2D eigenvalue weighted by Gasteiger charge is 2.11. The lowest BCUT2D eigenvalue weighted by Crippen LogP contribution is -2.00. The lowest BCUT2D eigenvalue weighted by molar-refractivity contribution is 0.281. The summed E-state index contributed by atoms with van der Waals surface area (Å²) in [5.74, 6) is 1.65. The SMILES string of the molecule is COc1cc2[nH]nc(N)c2cc1OCc1ccc2ccccc2n1. The summed E-state index contributed by atoms with van der Waals surface area (Å²) in [4.78, 5) is 4.61. The number of methoxy groups -OCH3 is 1. The maximum atomic E-state index is 5.91. The third kappa shape index (κ3) is 2.48. The van der Waals surface area contributed by atoms with E-state index in [4.69, 9.17) is 15.2 Å². The van der Waals surface area contributed by atoms with Crippen molar-refractivity contribution < 1.29 is 9.47 Å². The van der Waals surface area contributed by atoms with E-state index >= 15 is 0 Å². The van der Waals surface area contributed by atoms with E-state index in [1.54, 1.807) is 7.11 Å². The van der Waals surface area contributed by atoms with E-state index < -0.39 is 0 Å². The molecule has 4 aromatic rings. The zero-order valence-corrected chi connectivity index (χ0v) is 13.1. The summed E-state index contributed by atoms with van der Waals surface area (Å²) in [7, 11) is 1.60. The number of nitrogen functional groups attached to an aromatic ring is 1. The quantitative estimate of drug-likeness (QED) is 0.602. The fourth-order valence-electron chi connectivity index (χ4n) is 2.66. The van der Waals surface area contributed by atoms with Crippen LogP contribution in [0.2, 0.25) is 0 Å². The number of nitrogens with one attached hydrogen (secondary N) is 1. The number of fused-ring (bicyclic) bond motifs is 2. The van der Waals surface area contributed by atoms with Gasteiger partial charge in [-0.15, -0.1) is 0 Å². The smallest absolute Gasteiger partial charge is 0.162 e. The van der Waals surface area contributed by atoms with Gasteiger partial charge in [-0.3, -0.25) is 5.10 Å². The molecule has 0 spiro atoms. The van der Waals surface area contributed by atoms with Crippen molar-refractivity contribution in [3.63, 3.8) is 0 Å². The van der Waals surface area contributed by atoms with Crippen LogP contribution in [0.25, 0.3) is 21.8 Å². The molecule has 0 saturated carbocycles. The minimum Gasteiger partial charge on any atom is -0.493 e. The number of hydrogen-bond donors (Lipinski definition) is 2. The maximum Gasteiger partial charge on any atom is 0.162 e. The van der Waals surface area contributed by atoms with E-state index in [0.717, 1.165) is 27.5 Å². The molecule has 4 rings (SSSR count). The Kier molecular flexibility index (Phi) is 3.42. The normalized spacial score (nSPS) is 11.0. The topological polar surface area (TPSA) is 86.0 Å². The number of hydrogen-bond acceptors (Lipinski definition) is 5. The van der Waals surface area contributed by atoms with Crippen LogP contribution in [0.1, 0.15) is 5.69 Å². The van der Waals surface area contributed by atoms with Crippen LogP contribution in [0.15, 0.2) is 48.5 Å². The van der Waals surface area contributed by atoms with E-state index in [9.17, 15) is 0 Å². The summed E-state index contributed by atoms with van der Waals surface area (Å²) in [5.41, 5.74) is 8.45. The zero-order chi connectivity index (χ0) is 16.5. The summed E-state index contributed by atoms with van der Waals surface area (Å²) in [5, 5.41) is 8.76. The second-order valence-corrected chi connectivity index (χ2v) is 5.44. The summed E-state index contributed by atoms with van der Waals surface area (Å²) >= 11 is 0. The average Bonchev–Trinajstić information content (AvgIpc) is 2.99. The molecule has 0 saturated heterocycles. The molecule has 0 aliphatic carbocycles. The Morgan fingerprint density at radius 3 is 2.83 bits per heavy atom. The monoisotopic (exact) mass is 320 g/mol. The van der Waals surface area contributed by atoms with Crippen LogP contribution in [-0.4, -0.2) is 22.3 Å². The molecule has 0 aliphatic rings. The molecule has 2 aromatic carbocycles. The van der Waals surface area contributed by atoms with Gasteiger partial charge in [-0.2, -0.15) is 5.10 Å². The molecule has 0 atom stereocenters. The van der Waals surface area contributed by atoms with Crippen molar-refractivity contribution in [3.8, 4) is 11.5 Å². The summed E-state index contributed by atoms with van der Waals surface area (Å²) < 4.78 is 11.3. The van der Waals surface area contributed by atoms with Gasteiger partial charge in [0.25, 0.3) is 0 Å². The first-order valence-electron chi connectivity index (χ1n) is 7.53. The van der Waals surface area contributed by atoms with Gasteiger partial charge in [0.2, 0.25) is 0 Å². The Morgan fingerprint density at radius 1 is 1.08 bits per heavy atom. The number of rotatable bonds is 4. The molecule has 0 aliphatic heterocycles. The summed E-state index contributed by atoms with van der Waals surface area (Å²) in [6, 6.07) is 15.6. The van der Waals surface area contributed by atoms with Crippen molar-refractivity contribution in [3.05, 3.63) is 54.2 Å². The standard InChI is InChI=1S/C18H16N4O2/c1-23-16-9-15-13(18(19)22-21-15)8-17(16)24-10-12-7-6-11-4-2-3-5-14(11)20-12/h2-9H,10H2,1H3,(H3,19,21,22). The van der Waals surface area contributed by atoms with E-state index in [0.29, 0.717) is 23.9 Å². The molecule has 2 aromatic heterocycles. The molecule has 0 bridgehead atoms. The molecule has 2 heterocycles. The van der Waals surface area contributed by atoms with Gasteiger partial charge in [-0.05, 0) is 18.2 Å². The lowest BCUT2D eigenvalue weighted by Gasteiger charge is -2.11. The minimum absolute atomic E-state index is 0.338. The van der Waals surface area contributed by atoms with E-state index in [1.807, 2.05) is 48.5 Å². The fraction of sp³-hybridized carbons (Fsp3) is 0.111. The van der Waals surface area contributed by atoms with Gasteiger partial charge in [-0.1, -0.05) is 24.3 Å². The molecule has 120 valence electrons. The number of aromatic nitrogens is 3. The second kappa shape index (κ2) is 5.73. The number of para-hydroxylation sites is 1. The van der Waals surface area contributed by atoms with Crippen LogP contribution in [-0.2, 0) is 6.61 Å². The first-order chi connectivity index (χ1) is 11.7. The van der Waals surface area contributed by atoms with Crippen LogP contribution in [0.5, 0.6) is 11.5 Å². The first-order valence-corrected chi connectivity index (χ1v) is 7.53. The number of pyridine rings is 1. The molecule has 24 heavy (non-hydrogen) atoms. The van der Waals surface area contributed by atoms with Crippen LogP contribution in [0, 0.1) is 0 Å². The molecule has 0 fully saturated rings. The molecule has 0 unspecified atom stereocenters. The Labute approximate surface area is 138 Å². The molecule has 6 nitrogen and oxygen atoms in total. The van der Waals surface area contributed by atoms with Crippen LogP contribution < -0.4 is 15.2 Å². The Morgan fingerprint density at radius 2 is 1.96 bits per heavy atom. The van der Waals surface area contributed by atoms with Crippen molar-refractivity contribution in [1.82, 2.24) is 15.2 Å². The average molecular weight is 320 g/mol. The lowest BCUT2D eigenvalue weighted by atomic mass is 10.2. The van der Waals surface area contributed by atoms with Gasteiger partial charge in [0, 0.05) is 16.8 Å². The van der Waals surface area contributed by atoms with E-state index in [1.165, 1.54) is 0 Å². The third-order valence-electron chi connectivity index (χ3n) is 3.91. The van der Waals surface area contributed by atoms with Gasteiger partial charge in [0.05, 0.1) is 23.8 Å². The highest BCUT2D eigenvalue weighted by molar-refractivity contribution is 5.91. The van der Waals surface area contributed by atoms with Crippen molar-refractivity contribution in [2.24, 2.45) is 0 Å². The van der Waals surface area contributed by atoms with Crippen molar-refractivity contribution in [2.75, 3.05) is 12.8 Å². The van der Waals surface area contributed by atoms with Crippen molar-refractivity contribution in [2.45, 2.75) is 6.61 Å². The minimum atomic E-state index is 0.338. The number of nitrogens with two attached hydrogens (primary N) is 1. The highest BCUT2D eigenvalue weighted by Crippen LogP contribution is 2.34.